The van der Waals surface area contributed by atoms with E-state index in [0.29, 0.717) is 12.6 Å². The van der Waals surface area contributed by atoms with Crippen LogP contribution in [0.5, 0.6) is 0 Å². The molecule has 0 radical (unpaired) electrons. The van der Waals surface area contributed by atoms with Gasteiger partial charge in [0.05, 0.1) is 5.69 Å². The van der Waals surface area contributed by atoms with Crippen molar-refractivity contribution in [3.63, 3.8) is 0 Å². The molecule has 4 heteroatoms. The molecule has 4 nitrogen and oxygen atoms in total. The molecule has 1 saturated carbocycles. The first-order chi connectivity index (χ1) is 9.19. The molecule has 19 heavy (non-hydrogen) atoms. The number of rotatable bonds is 4. The van der Waals surface area contributed by atoms with Crippen LogP contribution < -0.4 is 5.32 Å². The van der Waals surface area contributed by atoms with Crippen molar-refractivity contribution in [2.24, 2.45) is 0 Å². The molecule has 1 N–H and O–H groups in total. The third-order valence-corrected chi connectivity index (χ3v) is 3.42. The molecule has 1 amide bonds. The highest BCUT2D eigenvalue weighted by Crippen LogP contribution is 2.17. The molecular weight excluding hydrogens is 238 g/mol. The van der Waals surface area contributed by atoms with Crippen molar-refractivity contribution >= 4 is 5.91 Å². The van der Waals surface area contributed by atoms with Crippen LogP contribution in [-0.2, 0) is 17.8 Å². The second kappa shape index (κ2) is 7.97. The summed E-state index contributed by atoms with van der Waals surface area (Å²) < 4.78 is 1.93. The van der Waals surface area contributed by atoms with Gasteiger partial charge in [0, 0.05) is 12.2 Å². The Morgan fingerprint density at radius 1 is 1.42 bits per heavy atom. The zero-order valence-corrected chi connectivity index (χ0v) is 12.7. The fraction of sp³-hybridized carbons (Fsp3) is 0.733. The summed E-state index contributed by atoms with van der Waals surface area (Å²) in [6.45, 7) is 8.42. The Labute approximate surface area is 116 Å². The van der Waals surface area contributed by atoms with Crippen LogP contribution in [-0.4, -0.2) is 21.5 Å². The maximum Gasteiger partial charge on any atom is 0.240 e. The molecule has 0 aromatic carbocycles. The highest BCUT2D eigenvalue weighted by molar-refractivity contribution is 5.76. The van der Waals surface area contributed by atoms with Gasteiger partial charge in [-0.1, -0.05) is 33.6 Å². The third kappa shape index (κ3) is 4.69. The Bertz CT molecular complexity index is 392. The van der Waals surface area contributed by atoms with E-state index >= 15 is 0 Å². The Kier molecular flexibility index (Phi) is 6.60. The third-order valence-electron chi connectivity index (χ3n) is 3.42. The lowest BCUT2D eigenvalue weighted by molar-refractivity contribution is -0.122. The largest absolute Gasteiger partial charge is 0.352 e. The minimum Gasteiger partial charge on any atom is -0.352 e. The predicted octanol–water partition coefficient (Wildman–Crippen LogP) is 2.84. The van der Waals surface area contributed by atoms with Gasteiger partial charge < -0.3 is 9.88 Å². The highest BCUT2D eigenvalue weighted by atomic mass is 16.2. The van der Waals surface area contributed by atoms with Gasteiger partial charge in [0.2, 0.25) is 5.91 Å². The maximum absolute atomic E-state index is 11.9. The summed E-state index contributed by atoms with van der Waals surface area (Å²) in [6, 6.07) is 0.400. The molecule has 1 heterocycles. The van der Waals surface area contributed by atoms with Crippen LogP contribution in [0.4, 0.5) is 0 Å². The van der Waals surface area contributed by atoms with E-state index in [1.807, 2.05) is 31.5 Å². The standard InChI is InChI=1S/C13H21N3O.C2H6/c1-3-11-8-16(10(2)14-11)9-13(17)15-12-6-4-5-7-12;1-2/h8,12H,3-7,9H2,1-2H3,(H,15,17);1-2H3. The van der Waals surface area contributed by atoms with Gasteiger partial charge >= 0.3 is 0 Å². The Hall–Kier alpha value is -1.32. The number of aryl methyl sites for hydroxylation is 2. The Morgan fingerprint density at radius 3 is 2.58 bits per heavy atom. The molecule has 1 aliphatic carbocycles. The molecule has 2 rings (SSSR count). The molecule has 108 valence electrons. The lowest BCUT2D eigenvalue weighted by atomic mass is 10.2. The van der Waals surface area contributed by atoms with Crippen molar-refractivity contribution in [1.29, 1.82) is 0 Å². The lowest BCUT2D eigenvalue weighted by Gasteiger charge is -2.12. The van der Waals surface area contributed by atoms with E-state index in [0.717, 1.165) is 30.8 Å². The number of aromatic nitrogens is 2. The van der Waals surface area contributed by atoms with Crippen LogP contribution in [0.1, 0.15) is 58.0 Å². The molecule has 0 atom stereocenters. The molecule has 1 aliphatic rings. The van der Waals surface area contributed by atoms with Gasteiger partial charge in [-0.15, -0.1) is 0 Å². The first-order valence-corrected chi connectivity index (χ1v) is 7.51. The molecule has 1 fully saturated rings. The second-order valence-corrected chi connectivity index (χ2v) is 4.81. The van der Waals surface area contributed by atoms with Gasteiger partial charge in [-0.05, 0) is 26.2 Å². The topological polar surface area (TPSA) is 46.9 Å². The summed E-state index contributed by atoms with van der Waals surface area (Å²) in [5.74, 6) is 1.03. The van der Waals surface area contributed by atoms with Crippen LogP contribution in [0, 0.1) is 6.92 Å². The Morgan fingerprint density at radius 2 is 2.05 bits per heavy atom. The van der Waals surface area contributed by atoms with E-state index in [-0.39, 0.29) is 5.91 Å². The number of hydrogen-bond acceptors (Lipinski definition) is 2. The number of carbonyl (C=O) groups excluding carboxylic acids is 1. The van der Waals surface area contributed by atoms with Crippen molar-refractivity contribution < 1.29 is 4.79 Å². The molecule has 1 aromatic heterocycles. The van der Waals surface area contributed by atoms with E-state index in [1.165, 1.54) is 12.8 Å². The predicted molar refractivity (Wildman–Crippen MR) is 78.1 cm³/mol. The average molecular weight is 265 g/mol. The summed E-state index contributed by atoms with van der Waals surface area (Å²) in [6.07, 6.45) is 7.65. The van der Waals surface area contributed by atoms with Crippen LogP contribution in [0.25, 0.3) is 0 Å². The van der Waals surface area contributed by atoms with Crippen LogP contribution in [0.3, 0.4) is 0 Å². The maximum atomic E-state index is 11.9. The Balaban J connectivity index is 0.000000861. The van der Waals surface area contributed by atoms with Crippen molar-refractivity contribution in [3.05, 3.63) is 17.7 Å². The van der Waals surface area contributed by atoms with Gasteiger partial charge in [0.1, 0.15) is 12.4 Å². The quantitative estimate of drug-likeness (QED) is 0.910. The van der Waals surface area contributed by atoms with E-state index < -0.39 is 0 Å². The van der Waals surface area contributed by atoms with Crippen LogP contribution in [0.2, 0.25) is 0 Å². The molecule has 0 aliphatic heterocycles. The van der Waals surface area contributed by atoms with E-state index in [1.54, 1.807) is 0 Å². The van der Waals surface area contributed by atoms with Crippen LogP contribution in [0.15, 0.2) is 6.20 Å². The van der Waals surface area contributed by atoms with Gasteiger partial charge in [-0.2, -0.15) is 0 Å². The molecule has 1 aromatic rings. The first-order valence-electron chi connectivity index (χ1n) is 7.51. The van der Waals surface area contributed by atoms with Gasteiger partial charge in [-0.25, -0.2) is 4.98 Å². The van der Waals surface area contributed by atoms with Crippen molar-refractivity contribution in [1.82, 2.24) is 14.9 Å². The summed E-state index contributed by atoms with van der Waals surface area (Å²) in [5, 5.41) is 3.09. The number of nitrogens with one attached hydrogen (secondary N) is 1. The first kappa shape index (κ1) is 15.7. The summed E-state index contributed by atoms with van der Waals surface area (Å²) in [7, 11) is 0. The molecule has 0 bridgehead atoms. The minimum absolute atomic E-state index is 0.111. The molecule has 0 unspecified atom stereocenters. The fourth-order valence-electron chi connectivity index (χ4n) is 2.40. The fourth-order valence-corrected chi connectivity index (χ4v) is 2.40. The highest BCUT2D eigenvalue weighted by Gasteiger charge is 2.17. The molecule has 0 saturated heterocycles. The SMILES string of the molecule is CC.CCc1cn(CC(=O)NC2CCCC2)c(C)n1. The zero-order chi connectivity index (χ0) is 14.3. The van der Waals surface area contributed by atoms with Crippen molar-refractivity contribution in [2.75, 3.05) is 0 Å². The summed E-state index contributed by atoms with van der Waals surface area (Å²) in [5.41, 5.74) is 1.05. The van der Waals surface area contributed by atoms with E-state index in [4.69, 9.17) is 0 Å². The smallest absolute Gasteiger partial charge is 0.240 e. The van der Waals surface area contributed by atoms with Crippen LogP contribution >= 0.6 is 0 Å². The zero-order valence-electron chi connectivity index (χ0n) is 12.7. The monoisotopic (exact) mass is 265 g/mol. The van der Waals surface area contributed by atoms with Gasteiger partial charge in [0.15, 0.2) is 0 Å². The normalized spacial score (nSPS) is 14.9. The molecule has 0 spiro atoms. The number of nitrogens with zero attached hydrogens (tertiary/aromatic N) is 2. The molecular formula is C15H27N3O. The van der Waals surface area contributed by atoms with Crippen molar-refractivity contribution in [3.8, 4) is 0 Å². The number of imidazole rings is 1. The van der Waals surface area contributed by atoms with Gasteiger partial charge in [0.25, 0.3) is 0 Å². The average Bonchev–Trinajstić information content (AvgIpc) is 3.02. The van der Waals surface area contributed by atoms with Gasteiger partial charge in [-0.3, -0.25) is 4.79 Å². The minimum atomic E-state index is 0.111. The lowest BCUT2D eigenvalue weighted by Crippen LogP contribution is -2.35. The number of carbonyl (C=O) groups is 1. The second-order valence-electron chi connectivity index (χ2n) is 4.81. The number of hydrogen-bond donors (Lipinski definition) is 1. The number of amides is 1. The van der Waals surface area contributed by atoms with E-state index in [9.17, 15) is 4.79 Å². The summed E-state index contributed by atoms with van der Waals surface area (Å²) in [4.78, 5) is 16.3. The summed E-state index contributed by atoms with van der Waals surface area (Å²) >= 11 is 0. The van der Waals surface area contributed by atoms with E-state index in [2.05, 4.69) is 17.2 Å². The van der Waals surface area contributed by atoms with Crippen molar-refractivity contribution in [2.45, 2.75) is 72.4 Å².